The molecule has 0 aliphatic carbocycles. The van der Waals surface area contributed by atoms with Crippen LogP contribution in [0, 0.1) is 6.92 Å². The summed E-state index contributed by atoms with van der Waals surface area (Å²) in [5.41, 5.74) is 1.78. The number of aromatic nitrogens is 3. The zero-order chi connectivity index (χ0) is 24.3. The fourth-order valence-electron chi connectivity index (χ4n) is 2.97. The minimum atomic E-state index is -0.474. The van der Waals surface area contributed by atoms with E-state index in [-0.39, 0.29) is 16.8 Å². The van der Waals surface area contributed by atoms with Crippen LogP contribution >= 0.6 is 50.7 Å². The highest BCUT2D eigenvalue weighted by Crippen LogP contribution is 2.29. The molecule has 3 aromatic rings. The number of halogens is 4. The second kappa shape index (κ2) is 10.7. The molecule has 0 atom stereocenters. The molecule has 7 nitrogen and oxygen atoms in total. The van der Waals surface area contributed by atoms with Gasteiger partial charge in [0, 0.05) is 28.9 Å². The molecule has 1 aromatic carbocycles. The summed E-state index contributed by atoms with van der Waals surface area (Å²) in [6, 6.07) is 8.09. The fraction of sp³-hybridized carbons (Fsp3) is 0.182. The molecule has 0 radical (unpaired) electrons. The molecule has 0 unspecified atom stereocenters. The summed E-state index contributed by atoms with van der Waals surface area (Å²) in [5.74, 6) is -0.609. The van der Waals surface area contributed by atoms with Gasteiger partial charge in [0.2, 0.25) is 0 Å². The van der Waals surface area contributed by atoms with Gasteiger partial charge < -0.3 is 10.6 Å². The first-order chi connectivity index (χ1) is 15.6. The lowest BCUT2D eigenvalue weighted by molar-refractivity contribution is -0.117. The topological polar surface area (TPSA) is 88.9 Å². The van der Waals surface area contributed by atoms with Crippen molar-refractivity contribution in [2.75, 3.05) is 5.32 Å². The van der Waals surface area contributed by atoms with Gasteiger partial charge in [-0.15, -0.1) is 0 Å². The van der Waals surface area contributed by atoms with Crippen LogP contribution in [0.2, 0.25) is 10.0 Å². The molecule has 0 aliphatic heterocycles. The van der Waals surface area contributed by atoms with Crippen LogP contribution in [-0.4, -0.2) is 32.6 Å². The molecule has 0 bridgehead atoms. The molecule has 11 heteroatoms. The van der Waals surface area contributed by atoms with Crippen molar-refractivity contribution in [3.63, 3.8) is 0 Å². The van der Waals surface area contributed by atoms with Crippen LogP contribution in [0.15, 0.2) is 46.2 Å². The Balaban J connectivity index is 2.01. The van der Waals surface area contributed by atoms with Crippen molar-refractivity contribution in [1.82, 2.24) is 20.1 Å². The van der Waals surface area contributed by atoms with E-state index in [1.165, 1.54) is 10.8 Å². The third-order valence-corrected chi connectivity index (χ3v) is 5.52. The number of carbonyl (C=O) groups is 2. The third kappa shape index (κ3) is 6.14. The first-order valence-corrected chi connectivity index (χ1v) is 11.7. The smallest absolute Gasteiger partial charge is 0.274 e. The Labute approximate surface area is 214 Å². The number of pyridine rings is 1. The normalized spacial score (nSPS) is 11.6. The van der Waals surface area contributed by atoms with E-state index < -0.39 is 11.8 Å². The van der Waals surface area contributed by atoms with Gasteiger partial charge in [-0.05, 0) is 72.6 Å². The Morgan fingerprint density at radius 3 is 2.61 bits per heavy atom. The molecule has 0 saturated heterocycles. The maximum atomic E-state index is 13.3. The molecule has 33 heavy (non-hydrogen) atoms. The fourth-order valence-corrected chi connectivity index (χ4v) is 4.00. The Morgan fingerprint density at radius 2 is 1.94 bits per heavy atom. The minimum absolute atomic E-state index is 0.0473. The van der Waals surface area contributed by atoms with Crippen molar-refractivity contribution in [1.29, 1.82) is 0 Å². The average molecular weight is 572 g/mol. The maximum absolute atomic E-state index is 13.3. The Bertz CT molecular complexity index is 1260. The van der Waals surface area contributed by atoms with Crippen molar-refractivity contribution in [3.05, 3.63) is 73.0 Å². The summed E-state index contributed by atoms with van der Waals surface area (Å²) in [4.78, 5) is 29.7. The van der Waals surface area contributed by atoms with Crippen LogP contribution < -0.4 is 10.6 Å². The number of nitrogens with zero attached hydrogens (tertiary/aromatic N) is 3. The average Bonchev–Trinajstić information content (AvgIpc) is 3.11. The zero-order valence-corrected chi connectivity index (χ0v) is 21.6. The highest BCUT2D eigenvalue weighted by atomic mass is 79.9. The summed E-state index contributed by atoms with van der Waals surface area (Å²) in [6.07, 6.45) is 3.01. The Kier molecular flexibility index (Phi) is 8.18. The van der Waals surface area contributed by atoms with Crippen LogP contribution in [-0.2, 0) is 4.79 Å². The number of amides is 2. The van der Waals surface area contributed by atoms with Crippen molar-refractivity contribution in [2.45, 2.75) is 26.8 Å². The minimum Gasteiger partial charge on any atom is -0.349 e. The lowest BCUT2D eigenvalue weighted by Crippen LogP contribution is -2.30. The van der Waals surface area contributed by atoms with E-state index in [2.05, 4.69) is 36.6 Å². The molecule has 3 rings (SSSR count). The number of benzene rings is 1. The monoisotopic (exact) mass is 569 g/mol. The lowest BCUT2D eigenvalue weighted by atomic mass is 10.1. The van der Waals surface area contributed by atoms with E-state index in [1.807, 2.05) is 13.8 Å². The Hall–Kier alpha value is -2.39. The highest BCUT2D eigenvalue weighted by Gasteiger charge is 2.21. The van der Waals surface area contributed by atoms with Gasteiger partial charge in [0.1, 0.15) is 15.3 Å². The first kappa shape index (κ1) is 25.2. The second-order valence-corrected chi connectivity index (χ2v) is 9.40. The number of nitrogens with one attached hydrogen (secondary N) is 2. The van der Waals surface area contributed by atoms with Crippen molar-refractivity contribution >= 4 is 74.3 Å². The van der Waals surface area contributed by atoms with E-state index in [1.54, 1.807) is 43.5 Å². The van der Waals surface area contributed by atoms with Crippen LogP contribution in [0.3, 0.4) is 0 Å². The van der Waals surface area contributed by atoms with E-state index in [9.17, 15) is 9.59 Å². The van der Waals surface area contributed by atoms with Crippen LogP contribution in [0.4, 0.5) is 5.69 Å². The third-order valence-electron chi connectivity index (χ3n) is 4.34. The molecule has 172 valence electrons. The van der Waals surface area contributed by atoms with E-state index in [0.717, 1.165) is 0 Å². The molecule has 0 spiro atoms. The van der Waals surface area contributed by atoms with Gasteiger partial charge in [-0.1, -0.05) is 34.8 Å². The molecule has 2 N–H and O–H groups in total. The number of anilines is 1. The maximum Gasteiger partial charge on any atom is 0.274 e. The summed E-state index contributed by atoms with van der Waals surface area (Å²) in [5, 5.41) is 10.6. The standard InChI is InChI=1S/C22H19BrCl3N5O2/c1-11(2)28-21(32)16(26)9-13-8-14(24)7-12(3)19(13)29-22(33)17-10-18(23)30-31(17)20-15(25)5-4-6-27-20/h4-11H,1-3H3,(H,28,32)(H,29,33). The molecule has 2 amide bonds. The van der Waals surface area contributed by atoms with Gasteiger partial charge in [-0.25, -0.2) is 9.67 Å². The number of hydrogen-bond donors (Lipinski definition) is 2. The number of rotatable bonds is 6. The number of carbonyl (C=O) groups excluding carboxylic acids is 2. The Morgan fingerprint density at radius 1 is 1.21 bits per heavy atom. The van der Waals surface area contributed by atoms with Gasteiger partial charge in [-0.3, -0.25) is 9.59 Å². The second-order valence-electron chi connectivity index (χ2n) is 7.33. The molecule has 0 aliphatic rings. The van der Waals surface area contributed by atoms with Crippen LogP contribution in [0.5, 0.6) is 0 Å². The largest absolute Gasteiger partial charge is 0.349 e. The summed E-state index contributed by atoms with van der Waals surface area (Å²) < 4.78 is 1.77. The predicted octanol–water partition coefficient (Wildman–Crippen LogP) is 6.00. The molecular formula is C22H19BrCl3N5O2. The molecule has 2 aromatic heterocycles. The SMILES string of the molecule is Cc1cc(Cl)cc(C=C(Cl)C(=O)NC(C)C)c1NC(=O)c1cc(Br)nn1-c1ncccc1Cl. The van der Waals surface area contributed by atoms with Gasteiger partial charge in [0.25, 0.3) is 11.8 Å². The van der Waals surface area contributed by atoms with E-state index >= 15 is 0 Å². The van der Waals surface area contributed by atoms with Gasteiger partial charge in [0.15, 0.2) is 5.82 Å². The molecular weight excluding hydrogens is 553 g/mol. The van der Waals surface area contributed by atoms with Gasteiger partial charge in [-0.2, -0.15) is 5.10 Å². The quantitative estimate of drug-likeness (QED) is 0.355. The van der Waals surface area contributed by atoms with Crippen LogP contribution in [0.25, 0.3) is 11.9 Å². The van der Waals surface area contributed by atoms with Crippen molar-refractivity contribution in [3.8, 4) is 5.82 Å². The lowest BCUT2D eigenvalue weighted by Gasteiger charge is -2.14. The van der Waals surface area contributed by atoms with Gasteiger partial charge >= 0.3 is 0 Å². The van der Waals surface area contributed by atoms with Crippen molar-refractivity contribution in [2.24, 2.45) is 0 Å². The van der Waals surface area contributed by atoms with E-state index in [0.29, 0.717) is 37.3 Å². The molecule has 0 saturated carbocycles. The summed E-state index contributed by atoms with van der Waals surface area (Å²) >= 11 is 22.0. The molecule has 0 fully saturated rings. The van der Waals surface area contributed by atoms with Crippen molar-refractivity contribution < 1.29 is 9.59 Å². The number of hydrogen-bond acceptors (Lipinski definition) is 4. The molecule has 2 heterocycles. The van der Waals surface area contributed by atoms with E-state index in [4.69, 9.17) is 34.8 Å². The first-order valence-electron chi connectivity index (χ1n) is 9.72. The summed E-state index contributed by atoms with van der Waals surface area (Å²) in [6.45, 7) is 5.43. The number of aryl methyl sites for hydroxylation is 1. The van der Waals surface area contributed by atoms with Crippen LogP contribution in [0.1, 0.15) is 35.5 Å². The zero-order valence-electron chi connectivity index (χ0n) is 17.8. The van der Waals surface area contributed by atoms with Gasteiger partial charge in [0.05, 0.1) is 10.7 Å². The highest BCUT2D eigenvalue weighted by molar-refractivity contribution is 9.10. The predicted molar refractivity (Wildman–Crippen MR) is 135 cm³/mol. The summed E-state index contributed by atoms with van der Waals surface area (Å²) in [7, 11) is 0.